The van der Waals surface area contributed by atoms with Gasteiger partial charge in [0.15, 0.2) is 0 Å². The molecule has 0 aliphatic carbocycles. The number of amides is 1. The minimum absolute atomic E-state index is 0.236. The highest BCUT2D eigenvalue weighted by atomic mass is 79.9. The molecular weight excluding hydrogens is 380 g/mol. The van der Waals surface area contributed by atoms with Gasteiger partial charge >= 0.3 is 0 Å². The van der Waals surface area contributed by atoms with E-state index in [4.69, 9.17) is 0 Å². The van der Waals surface area contributed by atoms with Crippen molar-refractivity contribution in [3.63, 3.8) is 0 Å². The zero-order chi connectivity index (χ0) is 17.4. The lowest BCUT2D eigenvalue weighted by atomic mass is 10.2. The first-order valence-corrected chi connectivity index (χ1v) is 8.57. The van der Waals surface area contributed by atoms with Crippen LogP contribution in [0.15, 0.2) is 64.4 Å². The number of hydrogen-bond donors (Lipinski definition) is 2. The van der Waals surface area contributed by atoms with Crippen LogP contribution in [0.4, 0.5) is 0 Å². The van der Waals surface area contributed by atoms with E-state index in [0.29, 0.717) is 5.56 Å². The number of carbonyl (C=O) groups excluding carboxylic acids is 1. The molecule has 6 heteroatoms. The van der Waals surface area contributed by atoms with E-state index >= 15 is 0 Å². The van der Waals surface area contributed by atoms with Gasteiger partial charge in [0.1, 0.15) is 0 Å². The molecule has 4 rings (SSSR count). The molecule has 2 aromatic heterocycles. The number of rotatable bonds is 3. The lowest BCUT2D eigenvalue weighted by Gasteiger charge is -1.99. The van der Waals surface area contributed by atoms with Crippen molar-refractivity contribution in [3.05, 3.63) is 70.5 Å². The summed E-state index contributed by atoms with van der Waals surface area (Å²) in [5.41, 5.74) is 6.17. The Morgan fingerprint density at radius 2 is 2.08 bits per heavy atom. The van der Waals surface area contributed by atoms with Gasteiger partial charge in [0.2, 0.25) is 0 Å². The number of carbonyl (C=O) groups is 1. The van der Waals surface area contributed by atoms with Crippen molar-refractivity contribution in [1.82, 2.24) is 15.0 Å². The SMILES string of the molecule is Cn1cc(C(=O)N/N=C\c2c[nH]c3ccccc23)c2cc(Br)ccc21. The van der Waals surface area contributed by atoms with Gasteiger partial charge in [-0.3, -0.25) is 4.79 Å². The van der Waals surface area contributed by atoms with Crippen molar-refractivity contribution in [3.8, 4) is 0 Å². The van der Waals surface area contributed by atoms with Gasteiger partial charge in [-0.25, -0.2) is 5.43 Å². The van der Waals surface area contributed by atoms with Crippen LogP contribution in [0.2, 0.25) is 0 Å². The monoisotopic (exact) mass is 394 g/mol. The fourth-order valence-electron chi connectivity index (χ4n) is 2.97. The summed E-state index contributed by atoms with van der Waals surface area (Å²) in [6.07, 6.45) is 5.33. The Kier molecular flexibility index (Phi) is 3.89. The lowest BCUT2D eigenvalue weighted by Crippen LogP contribution is -2.17. The van der Waals surface area contributed by atoms with Crippen molar-refractivity contribution < 1.29 is 4.79 Å². The molecule has 2 aromatic carbocycles. The average molecular weight is 395 g/mol. The first-order chi connectivity index (χ1) is 12.1. The summed E-state index contributed by atoms with van der Waals surface area (Å²) in [5, 5.41) is 6.06. The van der Waals surface area contributed by atoms with Crippen molar-refractivity contribution >= 4 is 49.9 Å². The van der Waals surface area contributed by atoms with E-state index in [9.17, 15) is 4.79 Å². The van der Waals surface area contributed by atoms with Crippen LogP contribution >= 0.6 is 15.9 Å². The van der Waals surface area contributed by atoms with Gasteiger partial charge < -0.3 is 9.55 Å². The van der Waals surface area contributed by atoms with Crippen LogP contribution in [0.5, 0.6) is 0 Å². The maximum absolute atomic E-state index is 12.5. The van der Waals surface area contributed by atoms with Gasteiger partial charge in [0.25, 0.3) is 5.91 Å². The van der Waals surface area contributed by atoms with E-state index in [2.05, 4.69) is 31.4 Å². The van der Waals surface area contributed by atoms with Crippen LogP contribution in [0.1, 0.15) is 15.9 Å². The van der Waals surface area contributed by atoms with E-state index in [-0.39, 0.29) is 5.91 Å². The van der Waals surface area contributed by atoms with E-state index in [1.165, 1.54) is 0 Å². The molecule has 124 valence electrons. The number of nitrogens with zero attached hydrogens (tertiary/aromatic N) is 2. The van der Waals surface area contributed by atoms with Crippen molar-refractivity contribution in [2.75, 3.05) is 0 Å². The molecule has 2 heterocycles. The number of para-hydroxylation sites is 1. The van der Waals surface area contributed by atoms with Gasteiger partial charge in [-0.15, -0.1) is 0 Å². The Hall–Kier alpha value is -2.86. The van der Waals surface area contributed by atoms with Crippen LogP contribution in [0, 0.1) is 0 Å². The summed E-state index contributed by atoms with van der Waals surface area (Å²) in [5.74, 6) is -0.236. The number of aryl methyl sites for hydroxylation is 1. The molecule has 0 spiro atoms. The quantitative estimate of drug-likeness (QED) is 0.397. The zero-order valence-electron chi connectivity index (χ0n) is 13.5. The number of aromatic nitrogens is 2. The first-order valence-electron chi connectivity index (χ1n) is 7.77. The van der Waals surface area contributed by atoms with Gasteiger partial charge in [-0.1, -0.05) is 34.1 Å². The van der Waals surface area contributed by atoms with Gasteiger partial charge in [-0.2, -0.15) is 5.10 Å². The normalized spacial score (nSPS) is 11.6. The Labute approximate surface area is 152 Å². The molecule has 1 amide bonds. The number of H-pyrrole nitrogens is 1. The first kappa shape index (κ1) is 15.7. The zero-order valence-corrected chi connectivity index (χ0v) is 15.0. The Balaban J connectivity index is 1.59. The molecule has 2 N–H and O–H groups in total. The number of benzene rings is 2. The molecule has 25 heavy (non-hydrogen) atoms. The Morgan fingerprint density at radius 1 is 1.24 bits per heavy atom. The van der Waals surface area contributed by atoms with E-state index < -0.39 is 0 Å². The van der Waals surface area contributed by atoms with Crippen molar-refractivity contribution in [2.24, 2.45) is 12.1 Å². The molecule has 5 nitrogen and oxygen atoms in total. The largest absolute Gasteiger partial charge is 0.361 e. The molecular formula is C19H15BrN4O. The van der Waals surface area contributed by atoms with Crippen LogP contribution in [-0.2, 0) is 7.05 Å². The molecule has 0 saturated heterocycles. The molecule has 0 unspecified atom stereocenters. The summed E-state index contributed by atoms with van der Waals surface area (Å²) in [7, 11) is 1.92. The van der Waals surface area contributed by atoms with Crippen LogP contribution < -0.4 is 5.43 Å². The molecule has 0 saturated carbocycles. The molecule has 4 aromatic rings. The highest BCUT2D eigenvalue weighted by molar-refractivity contribution is 9.10. The summed E-state index contributed by atoms with van der Waals surface area (Å²) < 4.78 is 2.86. The highest BCUT2D eigenvalue weighted by Gasteiger charge is 2.13. The van der Waals surface area contributed by atoms with Crippen molar-refractivity contribution in [1.29, 1.82) is 0 Å². The minimum Gasteiger partial charge on any atom is -0.361 e. The number of aromatic amines is 1. The molecule has 0 fully saturated rings. The van der Waals surface area contributed by atoms with Gasteiger partial charge in [0, 0.05) is 51.3 Å². The van der Waals surface area contributed by atoms with E-state index in [1.54, 1.807) is 6.21 Å². The van der Waals surface area contributed by atoms with E-state index in [0.717, 1.165) is 31.8 Å². The lowest BCUT2D eigenvalue weighted by molar-refractivity contribution is 0.0956. The third-order valence-electron chi connectivity index (χ3n) is 4.19. The second kappa shape index (κ2) is 6.22. The Bertz CT molecular complexity index is 1120. The summed E-state index contributed by atoms with van der Waals surface area (Å²) in [6.45, 7) is 0. The van der Waals surface area contributed by atoms with Crippen LogP contribution in [0.25, 0.3) is 21.8 Å². The van der Waals surface area contributed by atoms with E-state index in [1.807, 2.05) is 66.5 Å². The molecule has 0 aliphatic heterocycles. The smallest absolute Gasteiger partial charge is 0.273 e. The number of halogens is 1. The predicted octanol–water partition coefficient (Wildman–Crippen LogP) is 4.19. The number of hydrogen-bond acceptors (Lipinski definition) is 2. The molecule has 0 bridgehead atoms. The highest BCUT2D eigenvalue weighted by Crippen LogP contribution is 2.24. The summed E-state index contributed by atoms with van der Waals surface area (Å²) in [6, 6.07) is 13.8. The third kappa shape index (κ3) is 2.85. The number of fused-ring (bicyclic) bond motifs is 2. The van der Waals surface area contributed by atoms with Gasteiger partial charge in [0.05, 0.1) is 11.8 Å². The Morgan fingerprint density at radius 3 is 2.96 bits per heavy atom. The predicted molar refractivity (Wildman–Crippen MR) is 104 cm³/mol. The molecule has 0 radical (unpaired) electrons. The number of hydrazone groups is 1. The minimum atomic E-state index is -0.236. The standard InChI is InChI=1S/C19H15BrN4O/c1-24-11-16(15-8-13(20)6-7-18(15)24)19(25)23-22-10-12-9-21-17-5-3-2-4-14(12)17/h2-11,21H,1H3,(H,23,25)/b22-10-. The van der Waals surface area contributed by atoms with Crippen molar-refractivity contribution in [2.45, 2.75) is 0 Å². The molecule has 0 atom stereocenters. The van der Waals surface area contributed by atoms with Crippen LogP contribution in [0.3, 0.4) is 0 Å². The second-order valence-corrected chi connectivity index (χ2v) is 6.72. The summed E-state index contributed by atoms with van der Waals surface area (Å²) >= 11 is 3.45. The fraction of sp³-hybridized carbons (Fsp3) is 0.0526. The maximum atomic E-state index is 12.5. The maximum Gasteiger partial charge on any atom is 0.273 e. The van der Waals surface area contributed by atoms with Crippen LogP contribution in [-0.4, -0.2) is 21.7 Å². The number of nitrogens with one attached hydrogen (secondary N) is 2. The topological polar surface area (TPSA) is 62.2 Å². The van der Waals surface area contributed by atoms with Gasteiger partial charge in [-0.05, 0) is 24.3 Å². The third-order valence-corrected chi connectivity index (χ3v) is 4.68. The second-order valence-electron chi connectivity index (χ2n) is 5.80. The molecule has 0 aliphatic rings. The average Bonchev–Trinajstić information content (AvgIpc) is 3.16. The fourth-order valence-corrected chi connectivity index (χ4v) is 3.33. The summed E-state index contributed by atoms with van der Waals surface area (Å²) in [4.78, 5) is 15.7.